The Kier molecular flexibility index (Phi) is 3.56. The lowest BCUT2D eigenvalue weighted by molar-refractivity contribution is 0.885. The highest BCUT2D eigenvalue weighted by atomic mass is 15.3. The smallest absolute Gasteiger partial charge is 0.227 e. The molecule has 2 heterocycles. The Morgan fingerprint density at radius 1 is 1.38 bits per heavy atom. The summed E-state index contributed by atoms with van der Waals surface area (Å²) < 4.78 is 0. The topological polar surface area (TPSA) is 67.1 Å². The van der Waals surface area contributed by atoms with Crippen LogP contribution in [-0.2, 0) is 0 Å². The van der Waals surface area contributed by atoms with Gasteiger partial charge in [0.2, 0.25) is 5.95 Å². The van der Waals surface area contributed by atoms with E-state index in [1.54, 1.807) is 0 Å². The van der Waals surface area contributed by atoms with Crippen molar-refractivity contribution in [1.82, 2.24) is 9.97 Å². The summed E-state index contributed by atoms with van der Waals surface area (Å²) in [7, 11) is 0. The second-order valence-corrected chi connectivity index (χ2v) is 4.10. The van der Waals surface area contributed by atoms with Crippen LogP contribution in [0.2, 0.25) is 0 Å². The lowest BCUT2D eigenvalue weighted by atomic mass is 10.4. The predicted molar refractivity (Wildman–Crippen MR) is 65.8 cm³/mol. The summed E-state index contributed by atoms with van der Waals surface area (Å²) in [5.41, 5.74) is 6.45. The molecule has 1 aromatic rings. The molecule has 0 bridgehead atoms. The highest BCUT2D eigenvalue weighted by Crippen LogP contribution is 2.18. The Hall–Kier alpha value is -1.36. The summed E-state index contributed by atoms with van der Waals surface area (Å²) in [6, 6.07) is 1.95. The molecule has 1 fully saturated rings. The van der Waals surface area contributed by atoms with E-state index in [0.717, 1.165) is 37.1 Å². The van der Waals surface area contributed by atoms with Crippen LogP contribution >= 0.6 is 0 Å². The largest absolute Gasteiger partial charge is 0.369 e. The van der Waals surface area contributed by atoms with Gasteiger partial charge in [-0.3, -0.25) is 0 Å². The zero-order valence-electron chi connectivity index (χ0n) is 9.74. The van der Waals surface area contributed by atoms with E-state index in [1.807, 2.05) is 13.0 Å². The lowest BCUT2D eigenvalue weighted by Gasteiger charge is -2.16. The zero-order valence-corrected chi connectivity index (χ0v) is 9.74. The molecule has 0 atom stereocenters. The maximum absolute atomic E-state index is 5.46. The van der Waals surface area contributed by atoms with Crippen molar-refractivity contribution in [3.8, 4) is 0 Å². The molecule has 1 aromatic heterocycles. The molecule has 0 aliphatic carbocycles. The molecule has 2 rings (SSSR count). The van der Waals surface area contributed by atoms with Gasteiger partial charge in [-0.25, -0.2) is 4.98 Å². The third kappa shape index (κ3) is 2.61. The number of aromatic nitrogens is 2. The maximum atomic E-state index is 5.46. The van der Waals surface area contributed by atoms with Crippen molar-refractivity contribution in [2.45, 2.75) is 19.8 Å². The van der Waals surface area contributed by atoms with Gasteiger partial charge in [0.25, 0.3) is 0 Å². The Morgan fingerprint density at radius 3 is 2.81 bits per heavy atom. The van der Waals surface area contributed by atoms with E-state index in [2.05, 4.69) is 20.2 Å². The van der Waals surface area contributed by atoms with Crippen molar-refractivity contribution in [2.24, 2.45) is 5.73 Å². The number of nitrogens with one attached hydrogen (secondary N) is 1. The molecule has 0 aromatic carbocycles. The van der Waals surface area contributed by atoms with E-state index in [1.165, 1.54) is 12.8 Å². The van der Waals surface area contributed by atoms with E-state index in [9.17, 15) is 0 Å². The number of aryl methyl sites for hydroxylation is 1. The van der Waals surface area contributed by atoms with Crippen molar-refractivity contribution in [2.75, 3.05) is 36.4 Å². The van der Waals surface area contributed by atoms with Gasteiger partial charge in [0.05, 0.1) is 0 Å². The molecule has 1 aliphatic heterocycles. The van der Waals surface area contributed by atoms with Gasteiger partial charge in [0, 0.05) is 37.9 Å². The average molecular weight is 221 g/mol. The predicted octanol–water partition coefficient (Wildman–Crippen LogP) is 0.756. The van der Waals surface area contributed by atoms with Crippen molar-refractivity contribution in [3.05, 3.63) is 11.8 Å². The lowest BCUT2D eigenvalue weighted by Crippen LogP contribution is -2.22. The number of hydrogen-bond acceptors (Lipinski definition) is 5. The fourth-order valence-electron chi connectivity index (χ4n) is 1.90. The van der Waals surface area contributed by atoms with Gasteiger partial charge in [-0.1, -0.05) is 0 Å². The van der Waals surface area contributed by atoms with Crippen LogP contribution < -0.4 is 16.0 Å². The molecule has 5 heteroatoms. The van der Waals surface area contributed by atoms with Crippen LogP contribution in [0.15, 0.2) is 6.07 Å². The quantitative estimate of drug-likeness (QED) is 0.785. The second kappa shape index (κ2) is 5.12. The number of anilines is 2. The van der Waals surface area contributed by atoms with Crippen molar-refractivity contribution < 1.29 is 0 Å². The number of nitrogens with two attached hydrogens (primary N) is 1. The van der Waals surface area contributed by atoms with Gasteiger partial charge in [-0.05, 0) is 19.8 Å². The minimum Gasteiger partial charge on any atom is -0.369 e. The molecule has 1 aliphatic rings. The second-order valence-electron chi connectivity index (χ2n) is 4.10. The SMILES string of the molecule is Cc1cc(NCCN)nc(N2CCCC2)n1. The molecule has 5 nitrogen and oxygen atoms in total. The monoisotopic (exact) mass is 221 g/mol. The van der Waals surface area contributed by atoms with Crippen LogP contribution in [0.4, 0.5) is 11.8 Å². The summed E-state index contributed by atoms with van der Waals surface area (Å²) in [5.74, 6) is 1.72. The summed E-state index contributed by atoms with van der Waals surface area (Å²) >= 11 is 0. The molecule has 16 heavy (non-hydrogen) atoms. The summed E-state index contributed by atoms with van der Waals surface area (Å²) in [5, 5.41) is 3.20. The van der Waals surface area contributed by atoms with Gasteiger partial charge in [-0.2, -0.15) is 4.98 Å². The first-order chi connectivity index (χ1) is 7.79. The van der Waals surface area contributed by atoms with E-state index < -0.39 is 0 Å². The molecule has 0 radical (unpaired) electrons. The molecule has 0 unspecified atom stereocenters. The Bertz CT molecular complexity index is 346. The molecule has 0 spiro atoms. The van der Waals surface area contributed by atoms with Gasteiger partial charge in [-0.15, -0.1) is 0 Å². The Morgan fingerprint density at radius 2 is 2.12 bits per heavy atom. The van der Waals surface area contributed by atoms with Crippen molar-refractivity contribution in [1.29, 1.82) is 0 Å². The van der Waals surface area contributed by atoms with E-state index in [0.29, 0.717) is 6.54 Å². The van der Waals surface area contributed by atoms with Gasteiger partial charge < -0.3 is 16.0 Å². The van der Waals surface area contributed by atoms with Crippen molar-refractivity contribution >= 4 is 11.8 Å². The third-order valence-electron chi connectivity index (χ3n) is 2.68. The van der Waals surface area contributed by atoms with Crippen LogP contribution in [0, 0.1) is 6.92 Å². The maximum Gasteiger partial charge on any atom is 0.227 e. The van der Waals surface area contributed by atoms with Crippen LogP contribution in [0.3, 0.4) is 0 Å². The molecular formula is C11H19N5. The minimum atomic E-state index is 0.613. The first-order valence-electron chi connectivity index (χ1n) is 5.84. The summed E-state index contributed by atoms with van der Waals surface area (Å²) in [4.78, 5) is 11.2. The highest BCUT2D eigenvalue weighted by Gasteiger charge is 2.15. The van der Waals surface area contributed by atoms with E-state index >= 15 is 0 Å². The van der Waals surface area contributed by atoms with E-state index in [-0.39, 0.29) is 0 Å². The zero-order chi connectivity index (χ0) is 11.4. The molecule has 0 saturated carbocycles. The number of rotatable bonds is 4. The highest BCUT2D eigenvalue weighted by molar-refractivity contribution is 5.44. The molecule has 88 valence electrons. The summed E-state index contributed by atoms with van der Waals surface area (Å²) in [6.45, 7) is 5.49. The van der Waals surface area contributed by atoms with Crippen LogP contribution in [-0.4, -0.2) is 36.1 Å². The fourth-order valence-corrected chi connectivity index (χ4v) is 1.90. The number of nitrogens with zero attached hydrogens (tertiary/aromatic N) is 3. The van der Waals surface area contributed by atoms with E-state index in [4.69, 9.17) is 5.73 Å². The normalized spacial score (nSPS) is 15.5. The van der Waals surface area contributed by atoms with Gasteiger partial charge in [0.1, 0.15) is 5.82 Å². The van der Waals surface area contributed by atoms with Crippen LogP contribution in [0.1, 0.15) is 18.5 Å². The first-order valence-corrected chi connectivity index (χ1v) is 5.84. The molecular weight excluding hydrogens is 202 g/mol. The molecule has 0 amide bonds. The Balaban J connectivity index is 2.14. The minimum absolute atomic E-state index is 0.613. The standard InChI is InChI=1S/C11H19N5/c1-9-8-10(13-5-4-12)15-11(14-9)16-6-2-3-7-16/h8H,2-7,12H2,1H3,(H,13,14,15). The van der Waals surface area contributed by atoms with Crippen molar-refractivity contribution in [3.63, 3.8) is 0 Å². The average Bonchev–Trinajstić information content (AvgIpc) is 2.79. The van der Waals surface area contributed by atoms with Crippen LogP contribution in [0.25, 0.3) is 0 Å². The fraction of sp³-hybridized carbons (Fsp3) is 0.636. The van der Waals surface area contributed by atoms with Crippen LogP contribution in [0.5, 0.6) is 0 Å². The molecule has 1 saturated heterocycles. The van der Waals surface area contributed by atoms with Gasteiger partial charge in [0.15, 0.2) is 0 Å². The number of hydrogen-bond donors (Lipinski definition) is 2. The molecule has 3 N–H and O–H groups in total. The first kappa shape index (κ1) is 11.1. The third-order valence-corrected chi connectivity index (χ3v) is 2.68. The Labute approximate surface area is 96.1 Å². The summed E-state index contributed by atoms with van der Waals surface area (Å²) in [6.07, 6.45) is 2.48. The van der Waals surface area contributed by atoms with Gasteiger partial charge >= 0.3 is 0 Å².